The van der Waals surface area contributed by atoms with Gasteiger partial charge in [0.1, 0.15) is 0 Å². The number of likely N-dealkylation sites (tertiary alicyclic amines) is 1. The summed E-state index contributed by atoms with van der Waals surface area (Å²) in [5, 5.41) is 21.4. The number of amides is 1. The number of carbonyl (C=O) groups excluding carboxylic acids is 1. The van der Waals surface area contributed by atoms with Crippen LogP contribution in [0.15, 0.2) is 36.5 Å². The van der Waals surface area contributed by atoms with E-state index in [2.05, 4.69) is 30.4 Å². The summed E-state index contributed by atoms with van der Waals surface area (Å²) in [4.78, 5) is 19.1. The first-order chi connectivity index (χ1) is 19.9. The van der Waals surface area contributed by atoms with E-state index in [0.717, 1.165) is 30.5 Å². The Morgan fingerprint density at radius 1 is 1.14 bits per heavy atom. The summed E-state index contributed by atoms with van der Waals surface area (Å²) in [6.07, 6.45) is -0.770. The maximum absolute atomic E-state index is 14.8. The van der Waals surface area contributed by atoms with Gasteiger partial charge in [-0.25, -0.2) is 4.98 Å². The molecule has 3 N–H and O–H groups in total. The third kappa shape index (κ3) is 5.62. The zero-order valence-electron chi connectivity index (χ0n) is 23.5. The first kappa shape index (κ1) is 30.0. The van der Waals surface area contributed by atoms with Crippen molar-refractivity contribution in [2.24, 2.45) is 7.05 Å². The molecule has 228 valence electrons. The third-order valence-corrected chi connectivity index (χ3v) is 8.34. The Bertz CT molecular complexity index is 1420. The van der Waals surface area contributed by atoms with Crippen molar-refractivity contribution in [1.29, 1.82) is 0 Å². The van der Waals surface area contributed by atoms with Crippen molar-refractivity contribution in [2.45, 2.75) is 55.4 Å². The molecule has 0 radical (unpaired) electrons. The van der Waals surface area contributed by atoms with Gasteiger partial charge in [0.2, 0.25) is 11.8 Å². The summed E-state index contributed by atoms with van der Waals surface area (Å²) in [7, 11) is 3.79. The molecular weight excluding hydrogens is 560 g/mol. The average molecular weight is 595 g/mol. The molecule has 10 nitrogen and oxygen atoms in total. The number of methoxy groups -OCH3 is 2. The van der Waals surface area contributed by atoms with Crippen LogP contribution in [0.25, 0.3) is 10.9 Å². The van der Waals surface area contributed by atoms with E-state index in [1.165, 1.54) is 10.7 Å². The van der Waals surface area contributed by atoms with Crippen molar-refractivity contribution < 1.29 is 36.9 Å². The van der Waals surface area contributed by atoms with Gasteiger partial charge in [0.15, 0.2) is 5.82 Å². The van der Waals surface area contributed by atoms with Gasteiger partial charge in [-0.2, -0.15) is 22.7 Å². The summed E-state index contributed by atoms with van der Waals surface area (Å²) < 4.78 is 65.6. The van der Waals surface area contributed by atoms with Crippen LogP contribution in [0.2, 0.25) is 0 Å². The summed E-state index contributed by atoms with van der Waals surface area (Å²) in [5.74, 6) is -3.63. The van der Waals surface area contributed by atoms with Crippen LogP contribution in [0.1, 0.15) is 36.8 Å². The molecule has 5 rings (SSSR count). The first-order valence-electron chi connectivity index (χ1n) is 13.6. The van der Waals surface area contributed by atoms with Gasteiger partial charge in [0.05, 0.1) is 30.8 Å². The number of nitrogens with one attached hydrogen (secondary N) is 2. The number of rotatable bonds is 9. The largest absolute Gasteiger partial charge is 0.481 e. The third-order valence-electron chi connectivity index (χ3n) is 8.34. The minimum Gasteiger partial charge on any atom is -0.481 e. The first-order valence-corrected chi connectivity index (χ1v) is 13.6. The van der Waals surface area contributed by atoms with Crippen molar-refractivity contribution in [3.63, 3.8) is 0 Å². The van der Waals surface area contributed by atoms with Crippen molar-refractivity contribution in [3.05, 3.63) is 47.7 Å². The molecule has 1 atom stereocenters. The normalized spacial score (nSPS) is 23.3. The molecule has 0 spiro atoms. The van der Waals surface area contributed by atoms with Crippen LogP contribution >= 0.6 is 0 Å². The minimum atomic E-state index is -5.28. The van der Waals surface area contributed by atoms with Crippen molar-refractivity contribution >= 4 is 22.6 Å². The van der Waals surface area contributed by atoms with Crippen LogP contribution < -0.4 is 15.4 Å². The number of aromatic nitrogens is 3. The van der Waals surface area contributed by atoms with Crippen molar-refractivity contribution in [2.75, 3.05) is 39.2 Å². The quantitative estimate of drug-likeness (QED) is 0.324. The monoisotopic (exact) mass is 594 g/mol. The Kier molecular flexibility index (Phi) is 8.07. The van der Waals surface area contributed by atoms with E-state index in [-0.39, 0.29) is 29.7 Å². The van der Waals surface area contributed by atoms with E-state index in [1.807, 2.05) is 6.07 Å². The maximum atomic E-state index is 14.8. The van der Waals surface area contributed by atoms with Gasteiger partial charge < -0.3 is 25.2 Å². The molecule has 42 heavy (non-hydrogen) atoms. The van der Waals surface area contributed by atoms with E-state index in [1.54, 1.807) is 26.4 Å². The number of alkyl halides is 4. The predicted octanol–water partition coefficient (Wildman–Crippen LogP) is 3.35. The summed E-state index contributed by atoms with van der Waals surface area (Å²) >= 11 is 0. The number of anilines is 1. The van der Waals surface area contributed by atoms with Gasteiger partial charge >= 0.3 is 12.0 Å². The lowest BCUT2D eigenvalue weighted by atomic mass is 9.77. The highest BCUT2D eigenvalue weighted by molar-refractivity contribution is 5.92. The standard InChI is InChI=1S/C28H34F4N6O4/c1-37-22-6-4-17(27(29,42-3)28(30,31)32)12-21(22)25(36-37)34-14-23(39)35-19-15-38(16-19)20-8-10-26(40,11-9-20)18-5-7-24(41-2)33-13-18/h4-7,12-13,19-20,40H,8-11,14-16H2,1-3H3,(H,34,36)(H,35,39). The second kappa shape index (κ2) is 11.3. The van der Waals surface area contributed by atoms with Gasteiger partial charge in [-0.05, 0) is 43.9 Å². The lowest BCUT2D eigenvalue weighted by molar-refractivity contribution is -0.333. The number of aryl methyl sites for hydroxylation is 1. The molecule has 1 amide bonds. The number of hydrogen-bond acceptors (Lipinski definition) is 8. The van der Waals surface area contributed by atoms with Crippen LogP contribution in [0.5, 0.6) is 5.88 Å². The Hall–Kier alpha value is -3.49. The second-order valence-electron chi connectivity index (χ2n) is 10.9. The Balaban J connectivity index is 1.12. The molecule has 2 fully saturated rings. The van der Waals surface area contributed by atoms with E-state index >= 15 is 0 Å². The number of fused-ring (bicyclic) bond motifs is 1. The number of benzene rings is 1. The van der Waals surface area contributed by atoms with Gasteiger partial charge in [0, 0.05) is 62.1 Å². The van der Waals surface area contributed by atoms with Gasteiger partial charge in [-0.15, -0.1) is 0 Å². The molecule has 1 saturated heterocycles. The molecule has 0 bridgehead atoms. The van der Waals surface area contributed by atoms with Crippen molar-refractivity contribution in [3.8, 4) is 5.88 Å². The highest BCUT2D eigenvalue weighted by Crippen LogP contribution is 2.44. The topological polar surface area (TPSA) is 114 Å². The summed E-state index contributed by atoms with van der Waals surface area (Å²) in [6, 6.07) is 7.21. The zero-order valence-corrected chi connectivity index (χ0v) is 23.5. The van der Waals surface area contributed by atoms with E-state index in [0.29, 0.717) is 50.5 Å². The number of aliphatic hydroxyl groups is 1. The van der Waals surface area contributed by atoms with Gasteiger partial charge in [-0.3, -0.25) is 14.4 Å². The summed E-state index contributed by atoms with van der Waals surface area (Å²) in [5.41, 5.74) is -0.400. The summed E-state index contributed by atoms with van der Waals surface area (Å²) in [6.45, 7) is 1.20. The van der Waals surface area contributed by atoms with Crippen molar-refractivity contribution in [1.82, 2.24) is 25.0 Å². The molecule has 1 saturated carbocycles. The van der Waals surface area contributed by atoms with Crippen LogP contribution in [-0.2, 0) is 28.0 Å². The molecule has 1 aliphatic carbocycles. The number of ether oxygens (including phenoxy) is 2. The molecule has 3 aromatic rings. The highest BCUT2D eigenvalue weighted by Gasteiger charge is 2.58. The average Bonchev–Trinajstić information content (AvgIpc) is 3.27. The lowest BCUT2D eigenvalue weighted by Crippen LogP contribution is -2.63. The Morgan fingerprint density at radius 3 is 2.45 bits per heavy atom. The molecule has 3 heterocycles. The van der Waals surface area contributed by atoms with Gasteiger partial charge in [0.25, 0.3) is 0 Å². The number of nitrogens with zero attached hydrogens (tertiary/aromatic N) is 4. The SMILES string of the molecule is COc1ccc(C2(O)CCC(N3CC(NC(=O)CNc4nn(C)c5ccc(C(F)(OC)C(F)(F)F)cc45)C3)CC2)cn1. The molecule has 1 unspecified atom stereocenters. The van der Waals surface area contributed by atoms with Crippen LogP contribution in [-0.4, -0.2) is 82.8 Å². The zero-order chi connectivity index (χ0) is 30.3. The molecular formula is C28H34F4N6O4. The van der Waals surface area contributed by atoms with Crippen LogP contribution in [0, 0.1) is 0 Å². The van der Waals surface area contributed by atoms with E-state index < -0.39 is 23.2 Å². The second-order valence-corrected chi connectivity index (χ2v) is 10.9. The number of pyridine rings is 1. The number of hydrogen-bond donors (Lipinski definition) is 3. The van der Waals surface area contributed by atoms with E-state index in [4.69, 9.17) is 4.74 Å². The Morgan fingerprint density at radius 2 is 1.86 bits per heavy atom. The van der Waals surface area contributed by atoms with Crippen LogP contribution in [0.3, 0.4) is 0 Å². The van der Waals surface area contributed by atoms with Gasteiger partial charge in [-0.1, -0.05) is 6.07 Å². The van der Waals surface area contributed by atoms with E-state index in [9.17, 15) is 27.5 Å². The lowest BCUT2D eigenvalue weighted by Gasteiger charge is -2.48. The minimum absolute atomic E-state index is 0.0429. The number of halogens is 4. The molecule has 14 heteroatoms. The maximum Gasteiger partial charge on any atom is 0.453 e. The molecule has 2 aliphatic rings. The predicted molar refractivity (Wildman–Crippen MR) is 145 cm³/mol. The van der Waals surface area contributed by atoms with Crippen LogP contribution in [0.4, 0.5) is 23.4 Å². The molecule has 1 aliphatic heterocycles. The molecule has 2 aromatic heterocycles. The fourth-order valence-electron chi connectivity index (χ4n) is 5.85. The molecule has 1 aromatic carbocycles. The smallest absolute Gasteiger partial charge is 0.453 e. The fourth-order valence-corrected chi connectivity index (χ4v) is 5.85. The fraction of sp³-hybridized carbons (Fsp3) is 0.536. The Labute approximate surface area is 240 Å². The number of carbonyl (C=O) groups is 1. The highest BCUT2D eigenvalue weighted by atomic mass is 19.4.